The van der Waals surface area contributed by atoms with Crippen LogP contribution in [-0.2, 0) is 12.8 Å². The van der Waals surface area contributed by atoms with Crippen molar-refractivity contribution in [3.05, 3.63) is 76.4 Å². The van der Waals surface area contributed by atoms with Crippen LogP contribution in [0.2, 0.25) is 0 Å². The lowest BCUT2D eigenvalue weighted by atomic mass is 9.91. The highest BCUT2D eigenvalue weighted by Gasteiger charge is 2.21. The maximum absolute atomic E-state index is 13.4. The molecule has 0 amide bonds. The van der Waals surface area contributed by atoms with E-state index >= 15 is 0 Å². The van der Waals surface area contributed by atoms with Gasteiger partial charge in [-0.1, -0.05) is 29.8 Å². The Morgan fingerprint density at radius 3 is 2.56 bits per heavy atom. The highest BCUT2D eigenvalue weighted by molar-refractivity contribution is 7.19. The average molecular weight is 373 g/mol. The summed E-state index contributed by atoms with van der Waals surface area (Å²) in [6, 6.07) is 17.5. The number of hydrogen-bond donors (Lipinski definition) is 0. The Hall–Kier alpha value is -2.52. The fourth-order valence-corrected chi connectivity index (χ4v) is 5.35. The van der Waals surface area contributed by atoms with Crippen LogP contribution in [0.25, 0.3) is 32.6 Å². The number of pyridine rings is 1. The molecule has 0 saturated heterocycles. The van der Waals surface area contributed by atoms with Crippen LogP contribution in [0, 0.1) is 12.7 Å². The zero-order valence-corrected chi connectivity index (χ0v) is 16.1. The van der Waals surface area contributed by atoms with Crippen LogP contribution in [0.4, 0.5) is 4.39 Å². The molecule has 1 aliphatic rings. The highest BCUT2D eigenvalue weighted by atomic mass is 32.1. The summed E-state index contributed by atoms with van der Waals surface area (Å²) >= 11 is 1.84. The molecular weight excluding hydrogens is 353 g/mol. The molecule has 1 aliphatic carbocycles. The zero-order chi connectivity index (χ0) is 18.4. The minimum Gasteiger partial charge on any atom is -0.237 e. The number of nitrogens with zero attached hydrogens (tertiary/aromatic N) is 1. The molecule has 0 N–H and O–H groups in total. The van der Waals surface area contributed by atoms with Crippen LogP contribution in [0.15, 0.2) is 54.6 Å². The van der Waals surface area contributed by atoms with E-state index < -0.39 is 0 Å². The molecule has 2 aromatic heterocycles. The molecule has 2 heterocycles. The molecule has 1 nitrogen and oxygen atoms in total. The van der Waals surface area contributed by atoms with Crippen molar-refractivity contribution in [2.45, 2.75) is 32.6 Å². The summed E-state index contributed by atoms with van der Waals surface area (Å²) in [6.45, 7) is 2.13. The number of rotatable bonds is 2. The Kier molecular flexibility index (Phi) is 4.05. The van der Waals surface area contributed by atoms with Gasteiger partial charge in [-0.25, -0.2) is 9.37 Å². The lowest BCUT2D eigenvalue weighted by Gasteiger charge is -2.13. The second-order valence-electron chi connectivity index (χ2n) is 7.32. The average Bonchev–Trinajstić information content (AvgIpc) is 3.06. The fraction of sp³-hybridized carbons (Fsp3) is 0.208. The fourth-order valence-electron chi connectivity index (χ4n) is 4.07. The van der Waals surface area contributed by atoms with E-state index in [1.165, 1.54) is 57.5 Å². The molecule has 0 aliphatic heterocycles. The summed E-state index contributed by atoms with van der Waals surface area (Å²) in [4.78, 5) is 7.59. The minimum absolute atomic E-state index is 0.217. The molecule has 0 radical (unpaired) electrons. The zero-order valence-electron chi connectivity index (χ0n) is 15.3. The van der Waals surface area contributed by atoms with Crippen LogP contribution in [0.5, 0.6) is 0 Å². The molecule has 0 atom stereocenters. The predicted molar refractivity (Wildman–Crippen MR) is 112 cm³/mol. The van der Waals surface area contributed by atoms with Crippen LogP contribution in [-0.4, -0.2) is 4.98 Å². The van der Waals surface area contributed by atoms with Gasteiger partial charge in [-0.2, -0.15) is 0 Å². The number of halogens is 1. The van der Waals surface area contributed by atoms with Crippen molar-refractivity contribution in [2.24, 2.45) is 0 Å². The third kappa shape index (κ3) is 2.96. The van der Waals surface area contributed by atoms with Crippen molar-refractivity contribution >= 4 is 21.6 Å². The van der Waals surface area contributed by atoms with Crippen LogP contribution in [0.3, 0.4) is 0 Å². The second kappa shape index (κ2) is 6.58. The van der Waals surface area contributed by atoms with Gasteiger partial charge in [0.2, 0.25) is 0 Å². The van der Waals surface area contributed by atoms with Gasteiger partial charge >= 0.3 is 0 Å². The number of benzene rings is 2. The lowest BCUT2D eigenvalue weighted by molar-refractivity contribution is 0.628. The molecule has 27 heavy (non-hydrogen) atoms. The van der Waals surface area contributed by atoms with Gasteiger partial charge in [-0.15, -0.1) is 11.3 Å². The monoisotopic (exact) mass is 373 g/mol. The summed E-state index contributed by atoms with van der Waals surface area (Å²) in [5, 5.41) is 1.33. The van der Waals surface area contributed by atoms with Crippen LogP contribution < -0.4 is 0 Å². The van der Waals surface area contributed by atoms with E-state index in [4.69, 9.17) is 4.98 Å². The molecule has 0 bridgehead atoms. The molecule has 0 saturated carbocycles. The topological polar surface area (TPSA) is 12.9 Å². The molecule has 0 fully saturated rings. The first-order chi connectivity index (χ1) is 13.2. The first kappa shape index (κ1) is 16.6. The van der Waals surface area contributed by atoms with Gasteiger partial charge in [-0.05, 0) is 79.6 Å². The first-order valence-corrected chi connectivity index (χ1v) is 10.3. The van der Waals surface area contributed by atoms with Crippen molar-refractivity contribution in [3.8, 4) is 22.4 Å². The number of hydrogen-bond acceptors (Lipinski definition) is 2. The van der Waals surface area contributed by atoms with E-state index in [1.54, 1.807) is 0 Å². The van der Waals surface area contributed by atoms with E-state index in [-0.39, 0.29) is 5.82 Å². The first-order valence-electron chi connectivity index (χ1n) is 9.47. The Labute approximate surface area is 162 Å². The molecule has 5 rings (SSSR count). The van der Waals surface area contributed by atoms with Crippen molar-refractivity contribution in [3.63, 3.8) is 0 Å². The molecule has 4 aromatic rings. The van der Waals surface area contributed by atoms with Gasteiger partial charge < -0.3 is 0 Å². The number of thiophene rings is 1. The quantitative estimate of drug-likeness (QED) is 0.370. The van der Waals surface area contributed by atoms with Crippen LogP contribution >= 0.6 is 11.3 Å². The third-order valence-electron chi connectivity index (χ3n) is 5.39. The van der Waals surface area contributed by atoms with E-state index in [0.717, 1.165) is 28.9 Å². The number of aromatic nitrogens is 1. The standard InChI is InChI=1S/C24H20FNS/c1-15-5-4-6-17(13-15)20-14-21(16-9-11-18(25)12-10-16)26-24-23(20)19-7-2-3-8-22(19)27-24/h4-6,9-14H,2-3,7-8H2,1H3. The summed E-state index contributed by atoms with van der Waals surface area (Å²) in [5.41, 5.74) is 7.11. The van der Waals surface area contributed by atoms with Crippen molar-refractivity contribution in [1.82, 2.24) is 4.98 Å². The van der Waals surface area contributed by atoms with Crippen molar-refractivity contribution < 1.29 is 4.39 Å². The number of aryl methyl sites for hydroxylation is 3. The smallest absolute Gasteiger partial charge is 0.125 e. The minimum atomic E-state index is -0.217. The van der Waals surface area contributed by atoms with Gasteiger partial charge in [0.05, 0.1) is 5.69 Å². The van der Waals surface area contributed by atoms with E-state index in [9.17, 15) is 4.39 Å². The Bertz CT molecular complexity index is 1140. The van der Waals surface area contributed by atoms with Gasteiger partial charge in [0.15, 0.2) is 0 Å². The lowest BCUT2D eigenvalue weighted by Crippen LogP contribution is -1.99. The normalized spacial score (nSPS) is 13.7. The number of fused-ring (bicyclic) bond motifs is 3. The maximum Gasteiger partial charge on any atom is 0.125 e. The summed E-state index contributed by atoms with van der Waals surface area (Å²) < 4.78 is 13.4. The van der Waals surface area contributed by atoms with Gasteiger partial charge in [0.1, 0.15) is 10.6 Å². The van der Waals surface area contributed by atoms with Crippen molar-refractivity contribution in [2.75, 3.05) is 0 Å². The molecule has 0 unspecified atom stereocenters. The summed E-state index contributed by atoms with van der Waals surface area (Å²) in [7, 11) is 0. The second-order valence-corrected chi connectivity index (χ2v) is 8.41. The SMILES string of the molecule is Cc1cccc(-c2cc(-c3ccc(F)cc3)nc3sc4c(c23)CCCC4)c1. The Morgan fingerprint density at radius 1 is 0.926 bits per heavy atom. The Balaban J connectivity index is 1.81. The van der Waals surface area contributed by atoms with Gasteiger partial charge in [0.25, 0.3) is 0 Å². The Morgan fingerprint density at radius 2 is 1.74 bits per heavy atom. The predicted octanol–water partition coefficient (Wildman–Crippen LogP) is 6.96. The highest BCUT2D eigenvalue weighted by Crippen LogP contribution is 2.42. The van der Waals surface area contributed by atoms with Gasteiger partial charge in [-0.3, -0.25) is 0 Å². The molecule has 2 aromatic carbocycles. The van der Waals surface area contributed by atoms with Crippen molar-refractivity contribution in [1.29, 1.82) is 0 Å². The molecule has 0 spiro atoms. The molecule has 134 valence electrons. The van der Waals surface area contributed by atoms with Gasteiger partial charge in [0, 0.05) is 15.8 Å². The summed E-state index contributed by atoms with van der Waals surface area (Å²) in [5.74, 6) is -0.217. The van der Waals surface area contributed by atoms with E-state index in [1.807, 2.05) is 23.5 Å². The van der Waals surface area contributed by atoms with Crippen LogP contribution in [0.1, 0.15) is 28.8 Å². The van der Waals surface area contributed by atoms with E-state index in [2.05, 4.69) is 37.3 Å². The summed E-state index contributed by atoms with van der Waals surface area (Å²) in [6.07, 6.45) is 4.83. The maximum atomic E-state index is 13.4. The third-order valence-corrected chi connectivity index (χ3v) is 6.58. The van der Waals surface area contributed by atoms with E-state index in [0.29, 0.717) is 0 Å². The largest absolute Gasteiger partial charge is 0.237 e. The molecule has 3 heteroatoms. The molecular formula is C24H20FNS.